The largest absolute Gasteiger partial charge is 0.449 e. The maximum Gasteiger partial charge on any atom is 0.303 e. The molecule has 0 aliphatic rings. The van der Waals surface area contributed by atoms with Crippen LogP contribution in [0.25, 0.3) is 0 Å². The number of hydrogen-bond donors (Lipinski definition) is 0. The third-order valence-electron chi connectivity index (χ3n) is 2.84. The van der Waals surface area contributed by atoms with Crippen molar-refractivity contribution in [3.63, 3.8) is 0 Å². The fraction of sp³-hybridized carbons (Fsp3) is 0.800. The summed E-state index contributed by atoms with van der Waals surface area (Å²) in [5, 5.41) is 0. The van der Waals surface area contributed by atoms with Gasteiger partial charge >= 0.3 is 5.97 Å². The Balaban J connectivity index is 4.20. The van der Waals surface area contributed by atoms with Crippen LogP contribution in [0.3, 0.4) is 0 Å². The van der Waals surface area contributed by atoms with E-state index in [1.807, 2.05) is 0 Å². The van der Waals surface area contributed by atoms with Crippen LogP contribution >= 0.6 is 0 Å². The average molecular weight is 253 g/mol. The van der Waals surface area contributed by atoms with Crippen LogP contribution in [0, 0.1) is 11.8 Å². The van der Waals surface area contributed by atoms with Crippen molar-refractivity contribution in [2.75, 3.05) is 19.6 Å². The number of hydrogen-bond acceptors (Lipinski definition) is 3. The first-order valence-corrected chi connectivity index (χ1v) is 7.01. The molecule has 0 heterocycles. The average Bonchev–Trinajstić information content (AvgIpc) is 2.34. The molecule has 0 saturated carbocycles. The summed E-state index contributed by atoms with van der Waals surface area (Å²) in [5.41, 5.74) is 0. The predicted octanol–water partition coefficient (Wildman–Crippen LogP) is 2.84. The quantitative estimate of drug-likeness (QED) is 0.378. The van der Waals surface area contributed by atoms with Crippen LogP contribution in [0.15, 0.2) is 0 Å². The summed E-state index contributed by atoms with van der Waals surface area (Å²) in [6.45, 7) is 10.6. The lowest BCUT2D eigenvalue weighted by Crippen LogP contribution is -2.23. The maximum atomic E-state index is 11.0. The van der Waals surface area contributed by atoms with Crippen LogP contribution in [-0.2, 0) is 9.53 Å². The number of rotatable bonds is 8. The van der Waals surface area contributed by atoms with Gasteiger partial charge < -0.3 is 4.74 Å². The van der Waals surface area contributed by atoms with E-state index in [1.54, 1.807) is 0 Å². The molecule has 0 aliphatic heterocycles. The van der Waals surface area contributed by atoms with Crippen molar-refractivity contribution in [1.29, 1.82) is 0 Å². The number of carbonyl (C=O) groups excluding carboxylic acids is 1. The molecule has 0 unspecified atom stereocenters. The fourth-order valence-electron chi connectivity index (χ4n) is 1.66. The van der Waals surface area contributed by atoms with Crippen LogP contribution in [0.5, 0.6) is 0 Å². The summed E-state index contributed by atoms with van der Waals surface area (Å²) in [4.78, 5) is 13.2. The lowest BCUT2D eigenvalue weighted by molar-refractivity contribution is -0.144. The summed E-state index contributed by atoms with van der Waals surface area (Å²) >= 11 is 0. The molecule has 0 saturated heterocycles. The Morgan fingerprint density at radius 2 is 1.89 bits per heavy atom. The Bertz CT molecular complexity index is 274. The molecule has 3 heteroatoms. The summed E-state index contributed by atoms with van der Waals surface area (Å²) < 4.78 is 5.21. The second-order valence-electron chi connectivity index (χ2n) is 4.38. The van der Waals surface area contributed by atoms with E-state index < -0.39 is 0 Å². The highest BCUT2D eigenvalue weighted by molar-refractivity contribution is 5.66. The lowest BCUT2D eigenvalue weighted by atomic mass is 10.1. The van der Waals surface area contributed by atoms with E-state index in [4.69, 9.17) is 4.74 Å². The highest BCUT2D eigenvalue weighted by Crippen LogP contribution is 2.06. The molecule has 0 aromatic rings. The summed E-state index contributed by atoms with van der Waals surface area (Å²) in [5.74, 6) is 5.95. The zero-order valence-electron chi connectivity index (χ0n) is 12.3. The number of ether oxygens (including phenoxy) is 1. The molecule has 0 aromatic carbocycles. The smallest absolute Gasteiger partial charge is 0.303 e. The SMILES string of the molecule is CCCCC[C@@H](C#CCN(CC)CC)OC(C)=O. The Hall–Kier alpha value is -1.01. The van der Waals surface area contributed by atoms with Crippen molar-refractivity contribution in [3.8, 4) is 11.8 Å². The Morgan fingerprint density at radius 3 is 2.39 bits per heavy atom. The normalized spacial score (nSPS) is 11.8. The van der Waals surface area contributed by atoms with E-state index in [2.05, 4.69) is 37.5 Å². The Kier molecular flexibility index (Phi) is 10.5. The third-order valence-corrected chi connectivity index (χ3v) is 2.84. The first-order chi connectivity index (χ1) is 8.63. The van der Waals surface area contributed by atoms with E-state index in [1.165, 1.54) is 13.3 Å². The van der Waals surface area contributed by atoms with Crippen LogP contribution in [0.4, 0.5) is 0 Å². The maximum absolute atomic E-state index is 11.0. The molecule has 104 valence electrons. The molecule has 0 aromatic heterocycles. The number of carbonyl (C=O) groups is 1. The fourth-order valence-corrected chi connectivity index (χ4v) is 1.66. The third kappa shape index (κ3) is 9.07. The molecule has 0 N–H and O–H groups in total. The van der Waals surface area contributed by atoms with Gasteiger partial charge in [0, 0.05) is 6.92 Å². The molecule has 0 amide bonds. The Labute approximate surface area is 112 Å². The van der Waals surface area contributed by atoms with Gasteiger partial charge in [-0.15, -0.1) is 0 Å². The molecule has 0 bridgehead atoms. The van der Waals surface area contributed by atoms with Crippen molar-refractivity contribution in [1.82, 2.24) is 4.90 Å². The van der Waals surface area contributed by atoms with Crippen molar-refractivity contribution in [3.05, 3.63) is 0 Å². The molecule has 0 aliphatic carbocycles. The first kappa shape index (κ1) is 17.0. The number of nitrogens with zero attached hydrogens (tertiary/aromatic N) is 1. The van der Waals surface area contributed by atoms with Crippen LogP contribution in [0.2, 0.25) is 0 Å². The van der Waals surface area contributed by atoms with Crippen molar-refractivity contribution < 1.29 is 9.53 Å². The van der Waals surface area contributed by atoms with Gasteiger partial charge in [-0.3, -0.25) is 9.69 Å². The Morgan fingerprint density at radius 1 is 1.22 bits per heavy atom. The minimum atomic E-state index is -0.242. The monoisotopic (exact) mass is 253 g/mol. The van der Waals surface area contributed by atoms with Gasteiger partial charge in [0.25, 0.3) is 0 Å². The van der Waals surface area contributed by atoms with Gasteiger partial charge in [0.1, 0.15) is 0 Å². The van der Waals surface area contributed by atoms with E-state index >= 15 is 0 Å². The topological polar surface area (TPSA) is 29.5 Å². The van der Waals surface area contributed by atoms with Crippen LogP contribution in [0.1, 0.15) is 53.4 Å². The number of unbranched alkanes of at least 4 members (excludes halogenated alkanes) is 2. The van der Waals surface area contributed by atoms with Gasteiger partial charge in [0.05, 0.1) is 6.54 Å². The van der Waals surface area contributed by atoms with Crippen molar-refractivity contribution in [2.24, 2.45) is 0 Å². The zero-order valence-corrected chi connectivity index (χ0v) is 12.3. The molecule has 0 rings (SSSR count). The van der Waals surface area contributed by atoms with Crippen LogP contribution < -0.4 is 0 Å². The molecule has 0 spiro atoms. The van der Waals surface area contributed by atoms with Gasteiger partial charge in [0.2, 0.25) is 0 Å². The van der Waals surface area contributed by atoms with Gasteiger partial charge in [0.15, 0.2) is 6.10 Å². The molecule has 1 atom stereocenters. The summed E-state index contributed by atoms with van der Waals surface area (Å²) in [6.07, 6.45) is 4.01. The van der Waals surface area contributed by atoms with E-state index in [0.29, 0.717) is 0 Å². The van der Waals surface area contributed by atoms with Crippen molar-refractivity contribution in [2.45, 2.75) is 59.5 Å². The van der Waals surface area contributed by atoms with Crippen molar-refractivity contribution >= 4 is 5.97 Å². The number of esters is 1. The molecule has 0 radical (unpaired) electrons. The van der Waals surface area contributed by atoms with Gasteiger partial charge in [-0.05, 0) is 25.9 Å². The zero-order chi connectivity index (χ0) is 13.8. The van der Waals surface area contributed by atoms with E-state index in [9.17, 15) is 4.79 Å². The summed E-state index contributed by atoms with van der Waals surface area (Å²) in [7, 11) is 0. The molecule has 0 fully saturated rings. The minimum absolute atomic E-state index is 0.232. The van der Waals surface area contributed by atoms with Gasteiger partial charge in [-0.2, -0.15) is 0 Å². The second-order valence-corrected chi connectivity index (χ2v) is 4.38. The first-order valence-electron chi connectivity index (χ1n) is 7.01. The lowest BCUT2D eigenvalue weighted by Gasteiger charge is -2.14. The molecular formula is C15H27NO2. The van der Waals surface area contributed by atoms with Gasteiger partial charge in [-0.25, -0.2) is 0 Å². The standard InChI is InChI=1S/C15H27NO2/c1-5-8-9-11-15(18-14(4)17)12-10-13-16(6-2)7-3/h15H,5-9,11,13H2,1-4H3/t15-/m0/s1. The molecule has 18 heavy (non-hydrogen) atoms. The molecular weight excluding hydrogens is 226 g/mol. The molecule has 3 nitrogen and oxygen atoms in total. The van der Waals surface area contributed by atoms with Crippen LogP contribution in [-0.4, -0.2) is 36.6 Å². The highest BCUT2D eigenvalue weighted by Gasteiger charge is 2.07. The van der Waals surface area contributed by atoms with Gasteiger partial charge in [-0.1, -0.05) is 45.5 Å². The minimum Gasteiger partial charge on any atom is -0.449 e. The van der Waals surface area contributed by atoms with E-state index in [-0.39, 0.29) is 12.1 Å². The summed E-state index contributed by atoms with van der Waals surface area (Å²) in [6, 6.07) is 0. The van der Waals surface area contributed by atoms with E-state index in [0.717, 1.165) is 38.9 Å². The predicted molar refractivity (Wildman–Crippen MR) is 75.3 cm³/mol. The second kappa shape index (κ2) is 11.1. The highest BCUT2D eigenvalue weighted by atomic mass is 16.5.